The maximum atomic E-state index is 12.5. The maximum Gasteiger partial charge on any atom is 0.224 e. The van der Waals surface area contributed by atoms with E-state index in [-0.39, 0.29) is 11.8 Å². The number of carbonyl (C=O) groups excluding carboxylic acids is 1. The van der Waals surface area contributed by atoms with Crippen molar-refractivity contribution in [3.05, 3.63) is 29.6 Å². The van der Waals surface area contributed by atoms with Crippen LogP contribution < -0.4 is 9.47 Å². The number of hydrogen-bond donors (Lipinski definition) is 0. The summed E-state index contributed by atoms with van der Waals surface area (Å²) < 4.78 is 12.4. The van der Waals surface area contributed by atoms with Crippen molar-refractivity contribution in [2.45, 2.75) is 32.2 Å². The molecule has 3 rings (SSSR count). The Bertz CT molecular complexity index is 746. The topological polar surface area (TPSA) is 82.4 Å². The molecule has 0 radical (unpaired) electrons. The number of carbonyl (C=O) groups is 1. The van der Waals surface area contributed by atoms with Gasteiger partial charge in [0.1, 0.15) is 17.3 Å². The Morgan fingerprint density at radius 3 is 2.84 bits per heavy atom. The number of rotatable bonds is 6. The van der Waals surface area contributed by atoms with Crippen molar-refractivity contribution in [1.29, 1.82) is 0 Å². The number of amides is 1. The van der Waals surface area contributed by atoms with Crippen LogP contribution in [0.25, 0.3) is 0 Å². The molecular formula is C17H23N5O3. The molecule has 8 heteroatoms. The van der Waals surface area contributed by atoms with E-state index in [0.717, 1.165) is 30.0 Å². The lowest BCUT2D eigenvalue weighted by Gasteiger charge is -2.18. The van der Waals surface area contributed by atoms with Gasteiger partial charge in [-0.25, -0.2) is 4.68 Å². The van der Waals surface area contributed by atoms with Crippen LogP contribution in [0.2, 0.25) is 0 Å². The minimum Gasteiger partial charge on any atom is -0.497 e. The van der Waals surface area contributed by atoms with Gasteiger partial charge in [-0.3, -0.25) is 4.79 Å². The van der Waals surface area contributed by atoms with Crippen molar-refractivity contribution in [2.24, 2.45) is 0 Å². The quantitative estimate of drug-likeness (QED) is 0.787. The number of aryl methyl sites for hydroxylation is 2. The average Bonchev–Trinajstić information content (AvgIpc) is 3.28. The Labute approximate surface area is 146 Å². The molecule has 134 valence electrons. The summed E-state index contributed by atoms with van der Waals surface area (Å²) in [6, 6.07) is 5.80. The van der Waals surface area contributed by atoms with Crippen LogP contribution in [-0.2, 0) is 11.3 Å². The van der Waals surface area contributed by atoms with Crippen molar-refractivity contribution in [3.63, 3.8) is 0 Å². The van der Waals surface area contributed by atoms with E-state index in [2.05, 4.69) is 15.5 Å². The Balaban J connectivity index is 1.63. The summed E-state index contributed by atoms with van der Waals surface area (Å²) in [5.41, 5.74) is 1.09. The number of tetrazole rings is 1. The standard InChI is InChI=1S/C17H23N5O3/c1-12-18-19-20-22(12)9-7-17(23)21-8-6-13(11-21)15-10-14(24-2)4-5-16(15)25-3/h4-5,10,13H,6-9,11H2,1-3H3/t13-/m0/s1. The highest BCUT2D eigenvalue weighted by atomic mass is 16.5. The van der Waals surface area contributed by atoms with Crippen LogP contribution in [0.3, 0.4) is 0 Å². The predicted octanol–water partition coefficient (Wildman–Crippen LogP) is 1.40. The molecule has 1 aliphatic heterocycles. The smallest absolute Gasteiger partial charge is 0.224 e. The fraction of sp³-hybridized carbons (Fsp3) is 0.529. The normalized spacial score (nSPS) is 16.9. The van der Waals surface area contributed by atoms with Gasteiger partial charge in [-0.05, 0) is 42.0 Å². The molecule has 8 nitrogen and oxygen atoms in total. The van der Waals surface area contributed by atoms with E-state index >= 15 is 0 Å². The molecule has 0 aliphatic carbocycles. The molecule has 0 spiro atoms. The summed E-state index contributed by atoms with van der Waals surface area (Å²) >= 11 is 0. The minimum atomic E-state index is 0.124. The Kier molecular flexibility index (Phi) is 5.16. The Hall–Kier alpha value is -2.64. The highest BCUT2D eigenvalue weighted by Gasteiger charge is 2.29. The molecule has 1 aromatic heterocycles. The van der Waals surface area contributed by atoms with E-state index in [4.69, 9.17) is 9.47 Å². The molecule has 25 heavy (non-hydrogen) atoms. The Morgan fingerprint density at radius 2 is 2.16 bits per heavy atom. The molecule has 1 aromatic carbocycles. The lowest BCUT2D eigenvalue weighted by Crippen LogP contribution is -2.29. The van der Waals surface area contributed by atoms with Crippen molar-refractivity contribution in [3.8, 4) is 11.5 Å². The lowest BCUT2D eigenvalue weighted by atomic mass is 9.97. The van der Waals surface area contributed by atoms with E-state index in [1.807, 2.05) is 30.0 Å². The fourth-order valence-electron chi connectivity index (χ4n) is 3.21. The number of nitrogens with zero attached hydrogens (tertiary/aromatic N) is 5. The average molecular weight is 345 g/mol. The lowest BCUT2D eigenvalue weighted by molar-refractivity contribution is -0.130. The van der Waals surface area contributed by atoms with Gasteiger partial charge in [0.2, 0.25) is 5.91 Å². The zero-order chi connectivity index (χ0) is 17.8. The summed E-state index contributed by atoms with van der Waals surface area (Å²) in [5.74, 6) is 2.73. The van der Waals surface area contributed by atoms with Crippen molar-refractivity contribution >= 4 is 5.91 Å². The number of aromatic nitrogens is 4. The first-order valence-electron chi connectivity index (χ1n) is 8.35. The molecule has 1 aliphatic rings. The first kappa shape index (κ1) is 17.2. The second-order valence-corrected chi connectivity index (χ2v) is 6.13. The van der Waals surface area contributed by atoms with Crippen LogP contribution in [-0.4, -0.2) is 58.3 Å². The van der Waals surface area contributed by atoms with Gasteiger partial charge in [0.15, 0.2) is 0 Å². The van der Waals surface area contributed by atoms with E-state index in [1.165, 1.54) is 0 Å². The van der Waals surface area contributed by atoms with Gasteiger partial charge >= 0.3 is 0 Å². The zero-order valence-corrected chi connectivity index (χ0v) is 14.8. The van der Waals surface area contributed by atoms with E-state index in [1.54, 1.807) is 18.9 Å². The second kappa shape index (κ2) is 7.50. The fourth-order valence-corrected chi connectivity index (χ4v) is 3.21. The molecule has 2 aromatic rings. The highest BCUT2D eigenvalue weighted by molar-refractivity contribution is 5.76. The molecule has 1 saturated heterocycles. The Morgan fingerprint density at radius 1 is 1.32 bits per heavy atom. The van der Waals surface area contributed by atoms with Gasteiger partial charge in [-0.15, -0.1) is 5.10 Å². The predicted molar refractivity (Wildman–Crippen MR) is 90.7 cm³/mol. The summed E-state index contributed by atoms with van der Waals surface area (Å²) in [4.78, 5) is 14.4. The van der Waals surface area contributed by atoms with Gasteiger partial charge in [0.25, 0.3) is 0 Å². The van der Waals surface area contributed by atoms with E-state index < -0.39 is 0 Å². The summed E-state index contributed by atoms with van der Waals surface area (Å²) in [7, 11) is 3.31. The summed E-state index contributed by atoms with van der Waals surface area (Å²) in [6.45, 7) is 3.77. The minimum absolute atomic E-state index is 0.124. The molecule has 1 fully saturated rings. The maximum absolute atomic E-state index is 12.5. The van der Waals surface area contributed by atoms with E-state index in [0.29, 0.717) is 25.3 Å². The van der Waals surface area contributed by atoms with Crippen LogP contribution in [0.1, 0.15) is 30.1 Å². The SMILES string of the molecule is COc1ccc(OC)c([C@H]2CCN(C(=O)CCn3nnnc3C)C2)c1. The molecular weight excluding hydrogens is 322 g/mol. The number of likely N-dealkylation sites (tertiary alicyclic amines) is 1. The third kappa shape index (κ3) is 3.72. The first-order chi connectivity index (χ1) is 12.1. The van der Waals surface area contributed by atoms with Crippen LogP contribution in [0.4, 0.5) is 0 Å². The van der Waals surface area contributed by atoms with Gasteiger partial charge in [-0.1, -0.05) is 0 Å². The van der Waals surface area contributed by atoms with Crippen LogP contribution in [0, 0.1) is 6.92 Å². The van der Waals surface area contributed by atoms with Gasteiger partial charge < -0.3 is 14.4 Å². The monoisotopic (exact) mass is 345 g/mol. The molecule has 0 unspecified atom stereocenters. The highest BCUT2D eigenvalue weighted by Crippen LogP contribution is 2.36. The number of ether oxygens (including phenoxy) is 2. The molecule has 1 atom stereocenters. The molecule has 0 N–H and O–H groups in total. The number of hydrogen-bond acceptors (Lipinski definition) is 6. The van der Waals surface area contributed by atoms with Gasteiger partial charge in [0, 0.05) is 31.0 Å². The van der Waals surface area contributed by atoms with Crippen molar-refractivity contribution in [1.82, 2.24) is 25.1 Å². The second-order valence-electron chi connectivity index (χ2n) is 6.13. The molecule has 0 saturated carbocycles. The van der Waals surface area contributed by atoms with Gasteiger partial charge in [0.05, 0.1) is 20.8 Å². The van der Waals surface area contributed by atoms with Crippen molar-refractivity contribution in [2.75, 3.05) is 27.3 Å². The first-order valence-corrected chi connectivity index (χ1v) is 8.35. The molecule has 1 amide bonds. The van der Waals surface area contributed by atoms with Crippen LogP contribution in [0.5, 0.6) is 11.5 Å². The number of methoxy groups -OCH3 is 2. The zero-order valence-electron chi connectivity index (χ0n) is 14.8. The van der Waals surface area contributed by atoms with Crippen molar-refractivity contribution < 1.29 is 14.3 Å². The summed E-state index contributed by atoms with van der Waals surface area (Å²) in [5, 5.41) is 11.3. The van der Waals surface area contributed by atoms with Crippen LogP contribution in [0.15, 0.2) is 18.2 Å². The third-order valence-electron chi connectivity index (χ3n) is 4.67. The van der Waals surface area contributed by atoms with Crippen LogP contribution >= 0.6 is 0 Å². The van der Waals surface area contributed by atoms with E-state index in [9.17, 15) is 4.79 Å². The summed E-state index contributed by atoms with van der Waals surface area (Å²) in [6.07, 6.45) is 1.31. The largest absolute Gasteiger partial charge is 0.497 e. The number of benzene rings is 1. The molecule has 0 bridgehead atoms. The third-order valence-corrected chi connectivity index (χ3v) is 4.67. The van der Waals surface area contributed by atoms with Gasteiger partial charge in [-0.2, -0.15) is 0 Å². The molecule has 2 heterocycles.